The molecule has 1 saturated carbocycles. The summed E-state index contributed by atoms with van der Waals surface area (Å²) in [5.41, 5.74) is 3.08. The number of para-hydroxylation sites is 1. The highest BCUT2D eigenvalue weighted by molar-refractivity contribution is 7.13. The predicted octanol–water partition coefficient (Wildman–Crippen LogP) is 8.44. The molecular weight excluding hydrogens is 639 g/mol. The third kappa shape index (κ3) is 8.71. The van der Waals surface area contributed by atoms with Crippen molar-refractivity contribution in [1.29, 1.82) is 0 Å². The normalized spacial score (nSPS) is 12.8. The molecule has 0 aliphatic heterocycles. The van der Waals surface area contributed by atoms with Crippen LogP contribution in [0.25, 0.3) is 10.6 Å². The Labute approximate surface area is 288 Å². The molecule has 0 spiro atoms. The van der Waals surface area contributed by atoms with E-state index in [1.807, 2.05) is 72.1 Å². The molecule has 0 unspecified atom stereocenters. The fourth-order valence-electron chi connectivity index (χ4n) is 5.97. The Morgan fingerprint density at radius 2 is 1.61 bits per heavy atom. The number of aromatic nitrogens is 1. The molecule has 9 nitrogen and oxygen atoms in total. The minimum absolute atomic E-state index is 0.115. The second-order valence-electron chi connectivity index (χ2n) is 12.1. The third-order valence-corrected chi connectivity index (χ3v) is 9.63. The molecule has 49 heavy (non-hydrogen) atoms. The number of phenols is 1. The Kier molecular flexibility index (Phi) is 10.6. The number of carbonyl (C=O) groups excluding carboxylic acids is 2. The Hall–Kier alpha value is -5.48. The summed E-state index contributed by atoms with van der Waals surface area (Å²) >= 11 is 1.43. The molecule has 3 N–H and O–H groups in total. The number of hydrogen-bond acceptors (Lipinski definition) is 7. The lowest BCUT2D eigenvalue weighted by Gasteiger charge is -2.23. The van der Waals surface area contributed by atoms with Crippen LogP contribution in [0.2, 0.25) is 0 Å². The monoisotopic (exact) mass is 675 g/mol. The zero-order valence-electron chi connectivity index (χ0n) is 26.9. The van der Waals surface area contributed by atoms with Gasteiger partial charge in [0.1, 0.15) is 27.8 Å². The van der Waals surface area contributed by atoms with Gasteiger partial charge in [-0.25, -0.2) is 9.78 Å². The highest BCUT2D eigenvalue weighted by Gasteiger charge is 2.23. The van der Waals surface area contributed by atoms with Gasteiger partial charge < -0.3 is 25.2 Å². The smallest absolute Gasteiger partial charge is 0.339 e. The van der Waals surface area contributed by atoms with E-state index in [1.165, 1.54) is 36.3 Å². The van der Waals surface area contributed by atoms with Crippen LogP contribution in [0, 0.1) is 5.92 Å². The van der Waals surface area contributed by atoms with Crippen LogP contribution >= 0.6 is 11.3 Å². The maximum atomic E-state index is 13.5. The van der Waals surface area contributed by atoms with E-state index in [4.69, 9.17) is 9.72 Å². The van der Waals surface area contributed by atoms with Crippen molar-refractivity contribution in [2.45, 2.75) is 51.6 Å². The van der Waals surface area contributed by atoms with Crippen LogP contribution in [0.3, 0.4) is 0 Å². The van der Waals surface area contributed by atoms with Crippen molar-refractivity contribution in [3.8, 4) is 27.8 Å². The molecule has 5 aromatic rings. The molecule has 4 aromatic carbocycles. The fourth-order valence-corrected chi connectivity index (χ4v) is 6.79. The van der Waals surface area contributed by atoms with E-state index in [2.05, 4.69) is 5.32 Å². The maximum Gasteiger partial charge on any atom is 0.339 e. The molecule has 0 saturated heterocycles. The second kappa shape index (κ2) is 15.6. The van der Waals surface area contributed by atoms with Gasteiger partial charge in [0, 0.05) is 35.2 Å². The molecular formula is C39H37N3O6S. The molecule has 0 bridgehead atoms. The number of carboxylic acid groups (broad SMARTS) is 1. The van der Waals surface area contributed by atoms with E-state index in [1.54, 1.807) is 23.1 Å². The first-order chi connectivity index (χ1) is 23.8. The Morgan fingerprint density at radius 1 is 0.898 bits per heavy atom. The Balaban J connectivity index is 1.08. The number of rotatable bonds is 13. The number of carbonyl (C=O) groups is 3. The second-order valence-corrected chi connectivity index (χ2v) is 13.0. The highest BCUT2D eigenvalue weighted by atomic mass is 32.1. The maximum absolute atomic E-state index is 13.5. The van der Waals surface area contributed by atoms with Crippen molar-refractivity contribution in [1.82, 2.24) is 10.3 Å². The fraction of sp³-hybridized carbons (Fsp3) is 0.231. The predicted molar refractivity (Wildman–Crippen MR) is 189 cm³/mol. The molecule has 10 heteroatoms. The van der Waals surface area contributed by atoms with Crippen LogP contribution < -0.4 is 15.0 Å². The lowest BCUT2D eigenvalue weighted by atomic mass is 10.0. The summed E-state index contributed by atoms with van der Waals surface area (Å²) < 4.78 is 5.83. The number of amides is 2. The van der Waals surface area contributed by atoms with Gasteiger partial charge in [-0.1, -0.05) is 68.1 Å². The zero-order chi connectivity index (χ0) is 34.2. The number of hydrogen-bond donors (Lipinski definition) is 3. The molecule has 0 radical (unpaired) electrons. The highest BCUT2D eigenvalue weighted by Crippen LogP contribution is 2.32. The van der Waals surface area contributed by atoms with Crippen LogP contribution in [0.5, 0.6) is 17.2 Å². The molecule has 1 aliphatic carbocycles. The van der Waals surface area contributed by atoms with Gasteiger partial charge in [0.05, 0.1) is 12.2 Å². The molecule has 250 valence electrons. The minimum atomic E-state index is -1.27. The summed E-state index contributed by atoms with van der Waals surface area (Å²) in [4.78, 5) is 44.4. The SMILES string of the molecule is O=C(NCc1ccc(Oc2ccccc2)cc1)c1ccc(-c2nc(CN(C(=O)CCC3CCCC3)c3ccc(O)c(C(=O)O)c3)cs2)cc1. The van der Waals surface area contributed by atoms with E-state index in [-0.39, 0.29) is 29.7 Å². The Morgan fingerprint density at radius 3 is 2.33 bits per heavy atom. The van der Waals surface area contributed by atoms with Gasteiger partial charge in [-0.2, -0.15) is 0 Å². The number of nitrogens with zero attached hydrogens (tertiary/aromatic N) is 2. The van der Waals surface area contributed by atoms with Crippen molar-refractivity contribution in [2.75, 3.05) is 4.90 Å². The molecule has 1 heterocycles. The van der Waals surface area contributed by atoms with Crippen molar-refractivity contribution in [3.05, 3.63) is 125 Å². The number of thiazole rings is 1. The number of aromatic hydroxyl groups is 1. The van der Waals surface area contributed by atoms with E-state index in [9.17, 15) is 24.6 Å². The number of anilines is 1. The van der Waals surface area contributed by atoms with Crippen molar-refractivity contribution in [2.24, 2.45) is 5.92 Å². The van der Waals surface area contributed by atoms with Gasteiger partial charge in [-0.3, -0.25) is 9.59 Å². The molecule has 1 fully saturated rings. The van der Waals surface area contributed by atoms with Crippen LogP contribution in [-0.2, 0) is 17.9 Å². The Bertz CT molecular complexity index is 1900. The van der Waals surface area contributed by atoms with Gasteiger partial charge >= 0.3 is 5.97 Å². The summed E-state index contributed by atoms with van der Waals surface area (Å²) in [7, 11) is 0. The lowest BCUT2D eigenvalue weighted by molar-refractivity contribution is -0.119. The van der Waals surface area contributed by atoms with E-state index in [0.29, 0.717) is 41.6 Å². The molecule has 2 amide bonds. The van der Waals surface area contributed by atoms with Crippen molar-refractivity contribution in [3.63, 3.8) is 0 Å². The van der Waals surface area contributed by atoms with E-state index >= 15 is 0 Å². The van der Waals surface area contributed by atoms with Gasteiger partial charge in [0.2, 0.25) is 5.91 Å². The largest absolute Gasteiger partial charge is 0.507 e. The summed E-state index contributed by atoms with van der Waals surface area (Å²) in [5, 5.41) is 25.2. The number of nitrogens with one attached hydrogen (secondary N) is 1. The van der Waals surface area contributed by atoms with Gasteiger partial charge in [-0.15, -0.1) is 11.3 Å². The summed E-state index contributed by atoms with van der Waals surface area (Å²) in [6, 6.07) is 28.5. The molecule has 1 aromatic heterocycles. The molecule has 0 atom stereocenters. The summed E-state index contributed by atoms with van der Waals surface area (Å²) in [6.07, 6.45) is 5.78. The van der Waals surface area contributed by atoms with Crippen molar-refractivity contribution >= 4 is 34.8 Å². The zero-order valence-corrected chi connectivity index (χ0v) is 27.7. The van der Waals surface area contributed by atoms with Gasteiger partial charge in [0.15, 0.2) is 0 Å². The lowest BCUT2D eigenvalue weighted by Crippen LogP contribution is -2.31. The van der Waals surface area contributed by atoms with Crippen LogP contribution in [-0.4, -0.2) is 33.0 Å². The van der Waals surface area contributed by atoms with Crippen LogP contribution in [0.4, 0.5) is 5.69 Å². The first-order valence-corrected chi connectivity index (χ1v) is 17.2. The number of carboxylic acids is 1. The number of benzene rings is 4. The van der Waals surface area contributed by atoms with Gasteiger partial charge in [-0.05, 0) is 72.5 Å². The first-order valence-electron chi connectivity index (χ1n) is 16.3. The quantitative estimate of drug-likeness (QED) is 0.114. The van der Waals surface area contributed by atoms with Crippen molar-refractivity contribution < 1.29 is 29.3 Å². The number of ether oxygens (including phenoxy) is 1. The standard InChI is InChI=1S/C39H37N3O6S/c43-35-20-17-31(22-34(35)39(46)47)42(36(44)21-12-26-6-4-5-7-26)24-30-25-49-38(41-30)29-15-13-28(14-16-29)37(45)40-23-27-10-18-33(19-11-27)48-32-8-2-1-3-9-32/h1-3,8-11,13-20,22,25-26,43H,4-7,12,21,23-24H2,(H,40,45)(H,46,47). The molecule has 1 aliphatic rings. The van der Waals surface area contributed by atoms with Gasteiger partial charge in [0.25, 0.3) is 5.91 Å². The average molecular weight is 676 g/mol. The summed E-state index contributed by atoms with van der Waals surface area (Å²) in [6.45, 7) is 0.524. The topological polar surface area (TPSA) is 129 Å². The van der Waals surface area contributed by atoms with Crippen LogP contribution in [0.15, 0.2) is 102 Å². The third-order valence-electron chi connectivity index (χ3n) is 8.69. The summed E-state index contributed by atoms with van der Waals surface area (Å²) in [5.74, 6) is 0.0668. The van der Waals surface area contributed by atoms with Crippen LogP contribution in [0.1, 0.15) is 70.5 Å². The average Bonchev–Trinajstić information content (AvgIpc) is 3.83. The number of aromatic carboxylic acids is 1. The first kappa shape index (κ1) is 33.4. The molecule has 6 rings (SSSR count). The van der Waals surface area contributed by atoms with E-state index in [0.717, 1.165) is 41.1 Å². The van der Waals surface area contributed by atoms with E-state index < -0.39 is 5.97 Å². The minimum Gasteiger partial charge on any atom is -0.507 e.